The Morgan fingerprint density at radius 3 is 2.62 bits per heavy atom. The second kappa shape index (κ2) is 9.94. The van der Waals surface area contributed by atoms with E-state index < -0.39 is 5.97 Å². The molecule has 0 saturated carbocycles. The molecule has 6 nitrogen and oxygen atoms in total. The van der Waals surface area contributed by atoms with Crippen molar-refractivity contribution in [1.82, 2.24) is 9.88 Å². The van der Waals surface area contributed by atoms with Gasteiger partial charge in [-0.2, -0.15) is 0 Å². The molecule has 164 valence electrons. The molecule has 3 aromatic rings. The zero-order valence-electron chi connectivity index (χ0n) is 17.5. The van der Waals surface area contributed by atoms with Gasteiger partial charge in [-0.1, -0.05) is 60.1 Å². The van der Waals surface area contributed by atoms with Crippen LogP contribution in [-0.2, 0) is 11.3 Å². The van der Waals surface area contributed by atoms with Gasteiger partial charge in [0, 0.05) is 24.8 Å². The maximum absolute atomic E-state index is 12.8. The van der Waals surface area contributed by atoms with E-state index in [0.717, 1.165) is 36.1 Å². The number of hydrogen-bond acceptors (Lipinski definition) is 4. The first kappa shape index (κ1) is 22.0. The summed E-state index contributed by atoms with van der Waals surface area (Å²) in [5, 5.41) is 12.4. The molecule has 1 aliphatic heterocycles. The van der Waals surface area contributed by atoms with E-state index in [2.05, 4.69) is 15.2 Å². The molecule has 0 aliphatic carbocycles. The number of carbonyl (C=O) groups excluding carboxylic acids is 1. The summed E-state index contributed by atoms with van der Waals surface area (Å²) in [7, 11) is 0. The number of anilines is 1. The average Bonchev–Trinajstić information content (AvgIpc) is 2.81. The van der Waals surface area contributed by atoms with Gasteiger partial charge in [-0.3, -0.25) is 14.5 Å². The first-order valence-corrected chi connectivity index (χ1v) is 10.9. The molecular weight excluding hydrogens is 426 g/mol. The summed E-state index contributed by atoms with van der Waals surface area (Å²) in [6.07, 6.45) is 3.31. The van der Waals surface area contributed by atoms with Crippen LogP contribution < -0.4 is 5.32 Å². The molecule has 1 aliphatic rings. The number of nitrogens with one attached hydrogen (secondary N) is 1. The number of pyridine rings is 1. The molecule has 0 radical (unpaired) electrons. The molecule has 32 heavy (non-hydrogen) atoms. The van der Waals surface area contributed by atoms with Gasteiger partial charge < -0.3 is 10.4 Å². The van der Waals surface area contributed by atoms with Gasteiger partial charge in [0.2, 0.25) is 0 Å². The Bertz CT molecular complexity index is 1100. The lowest BCUT2D eigenvalue weighted by atomic mass is 9.98. The number of likely N-dealkylation sites (tertiary alicyclic amines) is 1. The predicted octanol–water partition coefficient (Wildman–Crippen LogP) is 4.95. The third kappa shape index (κ3) is 5.15. The lowest BCUT2D eigenvalue weighted by molar-refractivity contribution is -0.143. The third-order valence-electron chi connectivity index (χ3n) is 5.66. The van der Waals surface area contributed by atoms with Crippen molar-refractivity contribution in [2.45, 2.75) is 19.4 Å². The number of hydrogen-bond donors (Lipinski definition) is 2. The van der Waals surface area contributed by atoms with E-state index in [-0.39, 0.29) is 11.8 Å². The number of carboxylic acid groups (broad SMARTS) is 1. The van der Waals surface area contributed by atoms with Crippen LogP contribution in [0.5, 0.6) is 0 Å². The third-order valence-corrected chi connectivity index (χ3v) is 6.06. The standard InChI is InChI=1S/C25H24ClN3O3/c26-23-20(18-6-2-1-3-7-18)9-4-10-21(23)24(30)28-22-12-11-17(14-27-22)15-29-13-5-8-19(16-29)25(31)32/h1-4,6-7,9-12,14,19H,5,8,13,15-16H2,(H,31,32)(H,27,28,30). The minimum Gasteiger partial charge on any atom is -0.481 e. The molecule has 7 heteroatoms. The van der Waals surface area contributed by atoms with Crippen LogP contribution in [0, 0.1) is 5.92 Å². The molecule has 1 aromatic heterocycles. The fraction of sp³-hybridized carbons (Fsp3) is 0.240. The van der Waals surface area contributed by atoms with Gasteiger partial charge in [-0.25, -0.2) is 4.98 Å². The monoisotopic (exact) mass is 449 g/mol. The maximum atomic E-state index is 12.8. The molecule has 2 N–H and O–H groups in total. The summed E-state index contributed by atoms with van der Waals surface area (Å²) < 4.78 is 0. The Kier molecular flexibility index (Phi) is 6.83. The molecular formula is C25H24ClN3O3. The van der Waals surface area contributed by atoms with Crippen LogP contribution in [0.15, 0.2) is 66.9 Å². The second-order valence-electron chi connectivity index (χ2n) is 7.95. The van der Waals surface area contributed by atoms with Crippen molar-refractivity contribution in [3.63, 3.8) is 0 Å². The van der Waals surface area contributed by atoms with Crippen LogP contribution in [0.2, 0.25) is 5.02 Å². The number of aromatic nitrogens is 1. The highest BCUT2D eigenvalue weighted by Crippen LogP contribution is 2.31. The normalized spacial score (nSPS) is 16.5. The number of piperidine rings is 1. The van der Waals surface area contributed by atoms with Crippen molar-refractivity contribution in [3.8, 4) is 11.1 Å². The van der Waals surface area contributed by atoms with E-state index >= 15 is 0 Å². The molecule has 1 fully saturated rings. The minimum atomic E-state index is -0.735. The Balaban J connectivity index is 1.42. The lowest BCUT2D eigenvalue weighted by Gasteiger charge is -2.30. The Hall–Kier alpha value is -3.22. The first-order valence-electron chi connectivity index (χ1n) is 10.6. The molecule has 0 bridgehead atoms. The number of benzene rings is 2. The van der Waals surface area contributed by atoms with Gasteiger partial charge in [0.15, 0.2) is 0 Å². The summed E-state index contributed by atoms with van der Waals surface area (Å²) in [5.41, 5.74) is 3.09. The number of nitrogens with zero attached hydrogens (tertiary/aromatic N) is 2. The average molecular weight is 450 g/mol. The highest BCUT2D eigenvalue weighted by Gasteiger charge is 2.25. The number of carboxylic acids is 1. The van der Waals surface area contributed by atoms with Crippen LogP contribution in [0.25, 0.3) is 11.1 Å². The van der Waals surface area contributed by atoms with Crippen molar-refractivity contribution < 1.29 is 14.7 Å². The fourth-order valence-corrected chi connectivity index (χ4v) is 4.30. The Labute approximate surface area is 191 Å². The van der Waals surface area contributed by atoms with Gasteiger partial charge in [-0.15, -0.1) is 0 Å². The van der Waals surface area contributed by atoms with Gasteiger partial charge in [0.05, 0.1) is 16.5 Å². The molecule has 0 spiro atoms. The number of carbonyl (C=O) groups is 2. The predicted molar refractivity (Wildman–Crippen MR) is 125 cm³/mol. The smallest absolute Gasteiger partial charge is 0.307 e. The first-order chi connectivity index (χ1) is 15.5. The van der Waals surface area contributed by atoms with E-state index in [9.17, 15) is 14.7 Å². The summed E-state index contributed by atoms with van der Waals surface area (Å²) >= 11 is 6.54. The van der Waals surface area contributed by atoms with Gasteiger partial charge >= 0.3 is 5.97 Å². The van der Waals surface area contributed by atoms with Gasteiger partial charge in [0.1, 0.15) is 5.82 Å². The topological polar surface area (TPSA) is 82.5 Å². The van der Waals surface area contributed by atoms with Crippen LogP contribution in [0.4, 0.5) is 5.82 Å². The van der Waals surface area contributed by atoms with Gasteiger partial charge in [0.25, 0.3) is 5.91 Å². The van der Waals surface area contributed by atoms with Crippen LogP contribution in [-0.4, -0.2) is 40.0 Å². The SMILES string of the molecule is O=C(Nc1ccc(CN2CCCC(C(=O)O)C2)cn1)c1cccc(-c2ccccc2)c1Cl. The molecule has 1 amide bonds. The zero-order valence-corrected chi connectivity index (χ0v) is 18.3. The number of aliphatic carboxylic acids is 1. The summed E-state index contributed by atoms with van der Waals surface area (Å²) in [5.74, 6) is -0.942. The molecule has 4 rings (SSSR count). The Morgan fingerprint density at radius 2 is 1.91 bits per heavy atom. The summed E-state index contributed by atoms with van der Waals surface area (Å²) in [6, 6.07) is 18.7. The van der Waals surface area contributed by atoms with Crippen molar-refractivity contribution in [2.75, 3.05) is 18.4 Å². The fourth-order valence-electron chi connectivity index (χ4n) is 3.98. The summed E-state index contributed by atoms with van der Waals surface area (Å²) in [4.78, 5) is 30.6. The van der Waals surface area contributed by atoms with Gasteiger partial charge in [-0.05, 0) is 42.6 Å². The van der Waals surface area contributed by atoms with E-state index in [1.807, 2.05) is 48.5 Å². The highest BCUT2D eigenvalue weighted by atomic mass is 35.5. The molecule has 1 unspecified atom stereocenters. The minimum absolute atomic E-state index is 0.313. The maximum Gasteiger partial charge on any atom is 0.307 e. The van der Waals surface area contributed by atoms with Crippen LogP contribution in [0.3, 0.4) is 0 Å². The Morgan fingerprint density at radius 1 is 1.09 bits per heavy atom. The molecule has 1 saturated heterocycles. The van der Waals surface area contributed by atoms with Crippen molar-refractivity contribution in [1.29, 1.82) is 0 Å². The van der Waals surface area contributed by atoms with E-state index in [1.54, 1.807) is 18.3 Å². The van der Waals surface area contributed by atoms with E-state index in [0.29, 0.717) is 29.5 Å². The highest BCUT2D eigenvalue weighted by molar-refractivity contribution is 6.37. The van der Waals surface area contributed by atoms with E-state index in [1.165, 1.54) is 0 Å². The number of halogens is 1. The number of rotatable bonds is 6. The zero-order chi connectivity index (χ0) is 22.5. The molecule has 2 heterocycles. The van der Waals surface area contributed by atoms with Crippen molar-refractivity contribution in [3.05, 3.63) is 83.0 Å². The lowest BCUT2D eigenvalue weighted by Crippen LogP contribution is -2.38. The summed E-state index contributed by atoms with van der Waals surface area (Å²) in [6.45, 7) is 2.05. The van der Waals surface area contributed by atoms with Crippen LogP contribution >= 0.6 is 11.6 Å². The quantitative estimate of drug-likeness (QED) is 0.556. The van der Waals surface area contributed by atoms with Crippen molar-refractivity contribution in [2.24, 2.45) is 5.92 Å². The van der Waals surface area contributed by atoms with E-state index in [4.69, 9.17) is 11.6 Å². The molecule has 2 aromatic carbocycles. The van der Waals surface area contributed by atoms with Crippen LogP contribution in [0.1, 0.15) is 28.8 Å². The second-order valence-corrected chi connectivity index (χ2v) is 8.33. The molecule has 1 atom stereocenters. The number of amides is 1. The largest absolute Gasteiger partial charge is 0.481 e. The van der Waals surface area contributed by atoms with Crippen molar-refractivity contribution >= 4 is 29.3 Å².